The molecule has 43 heavy (non-hydrogen) atoms. The van der Waals surface area contributed by atoms with Gasteiger partial charge in [-0.2, -0.15) is 0 Å². The molecule has 3 heterocycles. The summed E-state index contributed by atoms with van der Waals surface area (Å²) in [5.74, 6) is -0.214. The lowest BCUT2D eigenvalue weighted by Gasteiger charge is -2.43. The summed E-state index contributed by atoms with van der Waals surface area (Å²) in [5, 5.41) is 1.55. The number of nitrogens with one attached hydrogen (secondary N) is 1. The lowest BCUT2D eigenvalue weighted by molar-refractivity contribution is -0.123. The Morgan fingerprint density at radius 1 is 0.953 bits per heavy atom. The van der Waals surface area contributed by atoms with Crippen LogP contribution in [0.3, 0.4) is 0 Å². The van der Waals surface area contributed by atoms with E-state index in [1.807, 2.05) is 61.5 Å². The first-order valence-electron chi connectivity index (χ1n) is 14.6. The van der Waals surface area contributed by atoms with Crippen LogP contribution in [0, 0.1) is 43.4 Å². The zero-order chi connectivity index (χ0) is 29.6. The summed E-state index contributed by atoms with van der Waals surface area (Å²) in [4.78, 5) is 46.1. The van der Waals surface area contributed by atoms with Crippen molar-refractivity contribution in [3.63, 3.8) is 0 Å². The highest BCUT2D eigenvalue weighted by Crippen LogP contribution is 2.69. The molecule has 1 N–H and O–H groups in total. The van der Waals surface area contributed by atoms with Crippen LogP contribution in [-0.2, 0) is 16.2 Å². The van der Waals surface area contributed by atoms with Crippen LogP contribution in [0.15, 0.2) is 76.6 Å². The molecule has 0 radical (unpaired) electrons. The van der Waals surface area contributed by atoms with E-state index < -0.39 is 0 Å². The number of ether oxygens (including phenoxy) is 1. The summed E-state index contributed by atoms with van der Waals surface area (Å²) in [6, 6.07) is 21.5. The summed E-state index contributed by atoms with van der Waals surface area (Å²) in [6.45, 7) is 4.47. The largest absolute Gasteiger partial charge is 0.489 e. The van der Waals surface area contributed by atoms with Crippen molar-refractivity contribution < 1.29 is 14.3 Å². The van der Waals surface area contributed by atoms with Crippen molar-refractivity contribution in [2.24, 2.45) is 29.6 Å². The number of nitrogens with zero attached hydrogens (tertiary/aromatic N) is 1. The van der Waals surface area contributed by atoms with E-state index in [1.54, 1.807) is 11.8 Å². The highest BCUT2D eigenvalue weighted by atomic mass is 35.5. The number of anilines is 1. The van der Waals surface area contributed by atoms with Crippen molar-refractivity contribution in [3.05, 3.63) is 109 Å². The molecule has 1 aromatic heterocycles. The number of fused-ring (bicyclic) bond motifs is 9. The minimum atomic E-state index is -0.365. The number of thiazole rings is 1. The van der Waals surface area contributed by atoms with E-state index in [1.165, 1.54) is 16.2 Å². The van der Waals surface area contributed by atoms with Gasteiger partial charge in [-0.05, 0) is 79.5 Å². The number of hydrogen-bond acceptors (Lipinski definition) is 6. The lowest BCUT2D eigenvalue weighted by Crippen LogP contribution is -2.42. The molecule has 2 bridgehead atoms. The van der Waals surface area contributed by atoms with E-state index in [4.69, 9.17) is 16.3 Å². The van der Waals surface area contributed by atoms with Gasteiger partial charge < -0.3 is 9.72 Å². The molecule has 2 aliphatic heterocycles. The normalized spacial score (nSPS) is 28.6. The van der Waals surface area contributed by atoms with Crippen LogP contribution >= 0.6 is 34.7 Å². The predicted octanol–water partition coefficient (Wildman–Crippen LogP) is 6.96. The average molecular weight is 629 g/mol. The highest BCUT2D eigenvalue weighted by molar-refractivity contribution is 8.00. The molecule has 4 aromatic rings. The molecule has 3 aromatic carbocycles. The van der Waals surface area contributed by atoms with Gasteiger partial charge in [0.25, 0.3) is 0 Å². The molecular weight excluding hydrogens is 600 g/mol. The van der Waals surface area contributed by atoms with Crippen molar-refractivity contribution in [1.82, 2.24) is 4.98 Å². The Balaban J connectivity index is 1.20. The standard InChI is InChI=1S/C34H29ClN2O4S2/c1-16-7-10-20(11-8-16)37-32(38)27-22-14-23(28(27)33(37)39)29-26(22)25(30-31(42-29)36-34(40)43-30)21-13-19(35)9-12-24(21)41-15-18-6-4-3-5-17(18)2/h3-13,22-23,25-29H,14-15H2,1-2H3,(H,36,40)/t22?,23?,25-,26?,27?,28?,29?/m1/s1. The molecular formula is C34H29ClN2O4S2. The van der Waals surface area contributed by atoms with Gasteiger partial charge >= 0.3 is 4.87 Å². The predicted molar refractivity (Wildman–Crippen MR) is 169 cm³/mol. The first-order chi connectivity index (χ1) is 20.8. The molecule has 3 fully saturated rings. The molecule has 6 nitrogen and oxygen atoms in total. The maximum Gasteiger partial charge on any atom is 0.305 e. The summed E-state index contributed by atoms with van der Waals surface area (Å²) in [6.07, 6.45) is 0.826. The zero-order valence-electron chi connectivity index (χ0n) is 23.6. The van der Waals surface area contributed by atoms with Gasteiger partial charge in [0.1, 0.15) is 12.4 Å². The molecule has 9 heteroatoms. The van der Waals surface area contributed by atoms with E-state index in [0.717, 1.165) is 44.3 Å². The Kier molecular flexibility index (Phi) is 6.40. The number of aromatic nitrogens is 1. The molecule has 7 atom stereocenters. The number of aryl methyl sites for hydroxylation is 2. The van der Waals surface area contributed by atoms with Gasteiger partial charge in [-0.25, -0.2) is 0 Å². The summed E-state index contributed by atoms with van der Waals surface area (Å²) < 4.78 is 6.49. The summed E-state index contributed by atoms with van der Waals surface area (Å²) in [7, 11) is 0. The van der Waals surface area contributed by atoms with Crippen molar-refractivity contribution >= 4 is 52.2 Å². The zero-order valence-corrected chi connectivity index (χ0v) is 26.0. The van der Waals surface area contributed by atoms with E-state index in [2.05, 4.69) is 24.0 Å². The number of carbonyl (C=O) groups is 2. The second-order valence-electron chi connectivity index (χ2n) is 12.2. The van der Waals surface area contributed by atoms with Crippen LogP contribution in [0.4, 0.5) is 5.69 Å². The molecule has 2 amide bonds. The summed E-state index contributed by atoms with van der Waals surface area (Å²) in [5.41, 5.74) is 4.91. The fraction of sp³-hybridized carbons (Fsp3) is 0.324. The minimum Gasteiger partial charge on any atom is -0.489 e. The van der Waals surface area contributed by atoms with Crippen LogP contribution in [-0.4, -0.2) is 22.0 Å². The van der Waals surface area contributed by atoms with E-state index in [9.17, 15) is 14.4 Å². The van der Waals surface area contributed by atoms with Gasteiger partial charge in [-0.15, -0.1) is 11.8 Å². The smallest absolute Gasteiger partial charge is 0.305 e. The number of carbonyl (C=O) groups excluding carboxylic acids is 2. The fourth-order valence-electron chi connectivity index (χ4n) is 8.13. The van der Waals surface area contributed by atoms with Crippen molar-refractivity contribution in [1.29, 1.82) is 0 Å². The molecule has 8 rings (SSSR count). The van der Waals surface area contributed by atoms with Gasteiger partial charge in [0.15, 0.2) is 0 Å². The maximum absolute atomic E-state index is 14.1. The third-order valence-corrected chi connectivity index (χ3v) is 12.8. The number of thioether (sulfide) groups is 1. The molecule has 4 aliphatic rings. The molecule has 1 saturated heterocycles. The lowest BCUT2D eigenvalue weighted by atomic mass is 9.68. The number of imide groups is 1. The monoisotopic (exact) mass is 628 g/mol. The number of aromatic amines is 1. The SMILES string of the molecule is Cc1ccc(N2C(=O)C3C4CC(C3C2=O)C2C4Sc3[nH]c(=O)sc3[C@@H]2c2cc(Cl)ccc2OCc2ccccc2C)cc1. The second-order valence-corrected chi connectivity index (χ2v) is 14.8. The number of H-pyrrole nitrogens is 1. The van der Waals surface area contributed by atoms with Gasteiger partial charge in [-0.3, -0.25) is 19.3 Å². The number of rotatable bonds is 5. The molecule has 0 spiro atoms. The Morgan fingerprint density at radius 2 is 1.70 bits per heavy atom. The fourth-order valence-corrected chi connectivity index (χ4v) is 11.2. The third kappa shape index (κ3) is 4.17. The number of amides is 2. The van der Waals surface area contributed by atoms with Crippen molar-refractivity contribution in [3.8, 4) is 5.75 Å². The van der Waals surface area contributed by atoms with Crippen LogP contribution in [0.1, 0.15) is 39.5 Å². The second kappa shape index (κ2) is 10.1. The van der Waals surface area contributed by atoms with Crippen LogP contribution in [0.2, 0.25) is 5.02 Å². The number of halogens is 1. The molecule has 218 valence electrons. The van der Waals surface area contributed by atoms with Gasteiger partial charge in [0.2, 0.25) is 11.8 Å². The molecule has 2 aliphatic carbocycles. The Morgan fingerprint density at radius 3 is 2.47 bits per heavy atom. The minimum absolute atomic E-state index is 0.0120. The summed E-state index contributed by atoms with van der Waals surface area (Å²) >= 11 is 9.55. The van der Waals surface area contributed by atoms with Crippen molar-refractivity contribution in [2.75, 3.05) is 4.90 Å². The maximum atomic E-state index is 14.1. The molecule has 2 saturated carbocycles. The van der Waals surface area contributed by atoms with Crippen LogP contribution in [0.5, 0.6) is 5.75 Å². The Labute approximate surface area is 262 Å². The van der Waals surface area contributed by atoms with E-state index >= 15 is 0 Å². The van der Waals surface area contributed by atoms with E-state index in [0.29, 0.717) is 17.3 Å². The van der Waals surface area contributed by atoms with Gasteiger partial charge in [-0.1, -0.05) is 64.9 Å². The van der Waals surface area contributed by atoms with Crippen LogP contribution < -0.4 is 14.5 Å². The van der Waals surface area contributed by atoms with Crippen molar-refractivity contribution in [2.45, 2.75) is 43.1 Å². The van der Waals surface area contributed by atoms with E-state index in [-0.39, 0.29) is 57.4 Å². The highest BCUT2D eigenvalue weighted by Gasteiger charge is 2.69. The van der Waals surface area contributed by atoms with Gasteiger partial charge in [0.05, 0.1) is 22.5 Å². The quantitative estimate of drug-likeness (QED) is 0.242. The Hall–Kier alpha value is -3.33. The van der Waals surface area contributed by atoms with Crippen LogP contribution in [0.25, 0.3) is 0 Å². The topological polar surface area (TPSA) is 79.5 Å². The average Bonchev–Trinajstić information content (AvgIpc) is 3.72. The Bertz CT molecular complexity index is 1850. The first-order valence-corrected chi connectivity index (χ1v) is 16.7. The molecule has 6 unspecified atom stereocenters. The first kappa shape index (κ1) is 27.2. The third-order valence-electron chi connectivity index (χ3n) is 9.97. The number of hydrogen-bond donors (Lipinski definition) is 1. The number of benzene rings is 3. The van der Waals surface area contributed by atoms with Gasteiger partial charge in [0, 0.05) is 26.6 Å².